The lowest BCUT2D eigenvalue weighted by atomic mass is 9.86. The Balaban J connectivity index is 1.73. The van der Waals surface area contributed by atoms with Gasteiger partial charge in [0, 0.05) is 18.7 Å². The van der Waals surface area contributed by atoms with Crippen molar-refractivity contribution in [2.45, 2.75) is 19.6 Å². The molecule has 1 aliphatic heterocycles. The fourth-order valence-electron chi connectivity index (χ4n) is 2.72. The minimum atomic E-state index is -4.68. The molecular weight excluding hydrogens is 363 g/mol. The second-order valence-corrected chi connectivity index (χ2v) is 6.65. The molecule has 0 N–H and O–H groups in total. The molecule has 0 radical (unpaired) electrons. The summed E-state index contributed by atoms with van der Waals surface area (Å²) in [5.41, 5.74) is 0.679. The predicted octanol–water partition coefficient (Wildman–Crippen LogP) is 3.31. The number of hydrogen-bond acceptors (Lipinski definition) is 5. The summed E-state index contributed by atoms with van der Waals surface area (Å²) in [6.07, 6.45) is -3.04. The number of amides is 1. The molecule has 1 fully saturated rings. The number of alkyl halides is 3. The Hall–Kier alpha value is -2.68. The third-order valence-electron chi connectivity index (χ3n) is 4.25. The molecular formula is C18H18F3N3O3. The first-order valence-corrected chi connectivity index (χ1v) is 8.21. The maximum absolute atomic E-state index is 12.7. The van der Waals surface area contributed by atoms with Gasteiger partial charge in [-0.15, -0.1) is 6.58 Å². The number of aromatic nitrogens is 2. The van der Waals surface area contributed by atoms with Crippen LogP contribution in [-0.2, 0) is 22.3 Å². The first-order chi connectivity index (χ1) is 12.7. The quantitative estimate of drug-likeness (QED) is 0.718. The van der Waals surface area contributed by atoms with Crippen LogP contribution < -0.4 is 0 Å². The van der Waals surface area contributed by atoms with Gasteiger partial charge in [-0.3, -0.25) is 4.79 Å². The van der Waals surface area contributed by atoms with Gasteiger partial charge in [0.25, 0.3) is 0 Å². The molecule has 0 spiro atoms. The van der Waals surface area contributed by atoms with Crippen LogP contribution in [0.1, 0.15) is 18.4 Å². The number of halogens is 3. The summed E-state index contributed by atoms with van der Waals surface area (Å²) in [7, 11) is 0. The van der Waals surface area contributed by atoms with Crippen LogP contribution in [0.15, 0.2) is 41.4 Å². The van der Waals surface area contributed by atoms with E-state index in [1.807, 2.05) is 6.92 Å². The van der Waals surface area contributed by atoms with E-state index in [-0.39, 0.29) is 11.7 Å². The first-order valence-electron chi connectivity index (χ1n) is 8.21. The number of hydrogen-bond donors (Lipinski definition) is 0. The van der Waals surface area contributed by atoms with Gasteiger partial charge in [-0.05, 0) is 12.5 Å². The largest absolute Gasteiger partial charge is 0.471 e. The molecule has 1 aliphatic rings. The van der Waals surface area contributed by atoms with E-state index in [0.29, 0.717) is 31.9 Å². The lowest BCUT2D eigenvalue weighted by Crippen LogP contribution is -2.53. The Morgan fingerprint density at radius 1 is 1.33 bits per heavy atom. The van der Waals surface area contributed by atoms with Gasteiger partial charge >= 0.3 is 12.1 Å². The smallest absolute Gasteiger partial charge is 0.379 e. The minimum absolute atomic E-state index is 0.0225. The molecule has 2 aromatic rings. The van der Waals surface area contributed by atoms with Crippen LogP contribution in [-0.4, -0.2) is 40.7 Å². The van der Waals surface area contributed by atoms with Crippen molar-refractivity contribution in [2.75, 3.05) is 19.8 Å². The van der Waals surface area contributed by atoms with E-state index in [9.17, 15) is 18.0 Å². The van der Waals surface area contributed by atoms with Gasteiger partial charge in [-0.2, -0.15) is 18.2 Å². The fourth-order valence-corrected chi connectivity index (χ4v) is 2.72. The molecule has 0 bridgehead atoms. The highest BCUT2D eigenvalue weighted by molar-refractivity contribution is 5.83. The van der Waals surface area contributed by atoms with E-state index < -0.39 is 17.5 Å². The van der Waals surface area contributed by atoms with Crippen molar-refractivity contribution in [3.8, 4) is 11.4 Å². The molecule has 1 aromatic heterocycles. The number of carbonyl (C=O) groups is 1. The lowest BCUT2D eigenvalue weighted by Gasteiger charge is -2.40. The van der Waals surface area contributed by atoms with E-state index in [0.717, 1.165) is 5.56 Å². The Kier molecular flexibility index (Phi) is 5.05. The van der Waals surface area contributed by atoms with Crippen LogP contribution in [0, 0.1) is 5.41 Å². The van der Waals surface area contributed by atoms with E-state index >= 15 is 0 Å². The molecule has 0 aliphatic carbocycles. The number of ether oxygens (including phenoxy) is 1. The normalized spacial score (nSPS) is 15.9. The van der Waals surface area contributed by atoms with Crippen molar-refractivity contribution in [2.24, 2.45) is 5.41 Å². The summed E-state index contributed by atoms with van der Waals surface area (Å²) in [6, 6.07) is 6.60. The summed E-state index contributed by atoms with van der Waals surface area (Å²) >= 11 is 0. The zero-order chi connectivity index (χ0) is 19.7. The van der Waals surface area contributed by atoms with Crippen LogP contribution in [0.4, 0.5) is 13.2 Å². The third kappa shape index (κ3) is 4.02. The zero-order valence-electron chi connectivity index (χ0n) is 14.6. The Bertz CT molecular complexity index is 826. The molecule has 1 saturated heterocycles. The maximum atomic E-state index is 12.7. The number of carbonyl (C=O) groups excluding carboxylic acids is 1. The molecule has 3 rings (SSSR count). The van der Waals surface area contributed by atoms with Crippen LogP contribution in [0.25, 0.3) is 11.4 Å². The Labute approximate surface area is 153 Å². The van der Waals surface area contributed by atoms with E-state index in [1.165, 1.54) is 0 Å². The van der Waals surface area contributed by atoms with Crippen molar-refractivity contribution in [1.29, 1.82) is 0 Å². The monoisotopic (exact) mass is 381 g/mol. The molecule has 1 amide bonds. The van der Waals surface area contributed by atoms with E-state index in [1.54, 1.807) is 35.2 Å². The van der Waals surface area contributed by atoms with Crippen molar-refractivity contribution < 1.29 is 27.2 Å². The summed E-state index contributed by atoms with van der Waals surface area (Å²) < 4.78 is 47.0. The van der Waals surface area contributed by atoms with Gasteiger partial charge in [0.05, 0.1) is 18.6 Å². The molecule has 0 saturated carbocycles. The molecule has 9 heteroatoms. The summed E-state index contributed by atoms with van der Waals surface area (Å²) in [4.78, 5) is 17.7. The van der Waals surface area contributed by atoms with Crippen molar-refractivity contribution in [3.63, 3.8) is 0 Å². The second-order valence-electron chi connectivity index (χ2n) is 6.65. The maximum Gasteiger partial charge on any atom is 0.471 e. The Morgan fingerprint density at radius 3 is 2.48 bits per heavy atom. The van der Waals surface area contributed by atoms with Gasteiger partial charge in [-0.25, -0.2) is 0 Å². The highest BCUT2D eigenvalue weighted by atomic mass is 19.4. The predicted molar refractivity (Wildman–Crippen MR) is 89.3 cm³/mol. The average Bonchev–Trinajstić information content (AvgIpc) is 3.10. The van der Waals surface area contributed by atoms with Gasteiger partial charge < -0.3 is 14.2 Å². The SMILES string of the molecule is C=CCN(Cc1ccc(-c2noc(C(F)(F)F)n2)cc1)C(=O)C1(C)COC1. The van der Waals surface area contributed by atoms with Crippen LogP contribution in [0.3, 0.4) is 0 Å². The average molecular weight is 381 g/mol. The topological polar surface area (TPSA) is 68.5 Å². The lowest BCUT2D eigenvalue weighted by molar-refractivity contribution is -0.168. The summed E-state index contributed by atoms with van der Waals surface area (Å²) in [5, 5.41) is 3.35. The van der Waals surface area contributed by atoms with E-state index in [4.69, 9.17) is 4.74 Å². The molecule has 0 atom stereocenters. The molecule has 1 aromatic carbocycles. The van der Waals surface area contributed by atoms with Gasteiger partial charge in [-0.1, -0.05) is 35.5 Å². The van der Waals surface area contributed by atoms with Crippen LogP contribution in [0.2, 0.25) is 0 Å². The standard InChI is InChI=1S/C18H18F3N3O3/c1-3-8-24(16(25)17(2)10-26-11-17)9-12-4-6-13(7-5-12)14-22-15(27-23-14)18(19,20)21/h3-7H,1,8-11H2,2H3. The number of nitrogens with zero attached hydrogens (tertiary/aromatic N) is 3. The van der Waals surface area contributed by atoms with Gasteiger partial charge in [0.2, 0.25) is 11.7 Å². The van der Waals surface area contributed by atoms with Crippen molar-refractivity contribution >= 4 is 5.91 Å². The zero-order valence-corrected chi connectivity index (χ0v) is 14.6. The van der Waals surface area contributed by atoms with Gasteiger partial charge in [0.1, 0.15) is 0 Å². The second kappa shape index (κ2) is 7.15. The number of benzene rings is 1. The number of rotatable bonds is 6. The molecule has 0 unspecified atom stereocenters. The molecule has 6 nitrogen and oxygen atoms in total. The summed E-state index contributed by atoms with van der Waals surface area (Å²) in [6.45, 7) is 7.04. The van der Waals surface area contributed by atoms with Crippen LogP contribution >= 0.6 is 0 Å². The fraction of sp³-hybridized carbons (Fsp3) is 0.389. The highest BCUT2D eigenvalue weighted by Gasteiger charge is 2.43. The molecule has 27 heavy (non-hydrogen) atoms. The van der Waals surface area contributed by atoms with Crippen LogP contribution in [0.5, 0.6) is 0 Å². The molecule has 2 heterocycles. The van der Waals surface area contributed by atoms with Gasteiger partial charge in [0.15, 0.2) is 0 Å². The van der Waals surface area contributed by atoms with Crippen molar-refractivity contribution in [1.82, 2.24) is 15.0 Å². The molecule has 144 valence electrons. The third-order valence-corrected chi connectivity index (χ3v) is 4.25. The summed E-state index contributed by atoms with van der Waals surface area (Å²) in [5.74, 6) is -1.56. The highest BCUT2D eigenvalue weighted by Crippen LogP contribution is 2.31. The minimum Gasteiger partial charge on any atom is -0.379 e. The van der Waals surface area contributed by atoms with Crippen molar-refractivity contribution in [3.05, 3.63) is 48.4 Å². The first kappa shape index (κ1) is 19.1. The Morgan fingerprint density at radius 2 is 2.00 bits per heavy atom. The van der Waals surface area contributed by atoms with E-state index in [2.05, 4.69) is 21.2 Å².